The van der Waals surface area contributed by atoms with E-state index in [0.29, 0.717) is 0 Å². The first-order valence-electron chi connectivity index (χ1n) is 3.55. The zero-order valence-electron chi connectivity index (χ0n) is 5.84. The summed E-state index contributed by atoms with van der Waals surface area (Å²) in [7, 11) is 0. The third-order valence-electron chi connectivity index (χ3n) is 1.87. The second-order valence-corrected chi connectivity index (χ2v) is 5.17. The minimum Gasteiger partial charge on any atom is -0.297 e. The molecule has 1 aromatic heterocycles. The molecule has 0 aromatic carbocycles. The lowest BCUT2D eigenvalue weighted by atomic mass is 10.2. The maximum absolute atomic E-state index is 10.4. The van der Waals surface area contributed by atoms with E-state index in [0.717, 1.165) is 20.9 Å². The van der Waals surface area contributed by atoms with Gasteiger partial charge in [-0.1, -0.05) is 0 Å². The Morgan fingerprint density at radius 3 is 2.82 bits per heavy atom. The predicted octanol–water partition coefficient (Wildman–Crippen LogP) is 3.20. The Morgan fingerprint density at radius 1 is 1.64 bits per heavy atom. The number of carbonyl (C=O) groups is 1. The lowest BCUT2D eigenvalue weighted by Gasteiger charge is -1.88. The van der Waals surface area contributed by atoms with E-state index in [-0.39, 0.29) is 0 Å². The van der Waals surface area contributed by atoms with Crippen molar-refractivity contribution in [3.63, 3.8) is 0 Å². The SMILES string of the molecule is O=Cc1cc(C2CC2)c(Br)s1. The summed E-state index contributed by atoms with van der Waals surface area (Å²) in [4.78, 5) is 11.2. The Balaban J connectivity index is 2.37. The van der Waals surface area contributed by atoms with Crippen LogP contribution >= 0.6 is 27.3 Å². The second-order valence-electron chi connectivity index (χ2n) is 2.77. The number of rotatable bonds is 2. The molecule has 0 atom stereocenters. The van der Waals surface area contributed by atoms with Crippen molar-refractivity contribution in [3.8, 4) is 0 Å². The highest BCUT2D eigenvalue weighted by Gasteiger charge is 2.26. The lowest BCUT2D eigenvalue weighted by molar-refractivity contribution is 0.112. The molecule has 0 spiro atoms. The average Bonchev–Trinajstić information content (AvgIpc) is 2.76. The minimum atomic E-state index is 0.731. The first-order chi connectivity index (χ1) is 5.31. The molecule has 3 heteroatoms. The fourth-order valence-corrected chi connectivity index (χ4v) is 2.92. The van der Waals surface area contributed by atoms with Gasteiger partial charge in [0.1, 0.15) is 0 Å². The van der Waals surface area contributed by atoms with E-state index in [2.05, 4.69) is 15.9 Å². The fourth-order valence-electron chi connectivity index (χ4n) is 1.13. The van der Waals surface area contributed by atoms with E-state index in [4.69, 9.17) is 0 Å². The lowest BCUT2D eigenvalue weighted by Crippen LogP contribution is -1.72. The van der Waals surface area contributed by atoms with Crippen LogP contribution in [0.5, 0.6) is 0 Å². The number of hydrogen-bond acceptors (Lipinski definition) is 2. The molecule has 1 aliphatic carbocycles. The maximum atomic E-state index is 10.4. The standard InChI is InChI=1S/C8H7BrOS/c9-8-7(5-1-2-5)3-6(4-10)11-8/h3-5H,1-2H2. The summed E-state index contributed by atoms with van der Waals surface area (Å²) in [5.41, 5.74) is 1.33. The summed E-state index contributed by atoms with van der Waals surface area (Å²) >= 11 is 4.99. The van der Waals surface area contributed by atoms with E-state index >= 15 is 0 Å². The van der Waals surface area contributed by atoms with Gasteiger partial charge in [0.2, 0.25) is 0 Å². The van der Waals surface area contributed by atoms with Crippen LogP contribution in [-0.2, 0) is 0 Å². The Hall–Kier alpha value is -0.150. The molecule has 0 bridgehead atoms. The molecule has 1 saturated carbocycles. The molecule has 1 aliphatic rings. The van der Waals surface area contributed by atoms with Crippen molar-refractivity contribution in [2.24, 2.45) is 0 Å². The number of thiophene rings is 1. The van der Waals surface area contributed by atoms with Crippen molar-refractivity contribution in [1.82, 2.24) is 0 Å². The third kappa shape index (κ3) is 1.40. The highest BCUT2D eigenvalue weighted by molar-refractivity contribution is 9.11. The molecule has 0 aliphatic heterocycles. The normalized spacial score (nSPS) is 16.8. The summed E-state index contributed by atoms with van der Waals surface area (Å²) < 4.78 is 1.14. The molecule has 0 unspecified atom stereocenters. The first kappa shape index (κ1) is 7.50. The largest absolute Gasteiger partial charge is 0.297 e. The van der Waals surface area contributed by atoms with Gasteiger partial charge in [-0.05, 0) is 46.3 Å². The maximum Gasteiger partial charge on any atom is 0.160 e. The molecule has 1 aromatic rings. The zero-order valence-corrected chi connectivity index (χ0v) is 8.24. The Morgan fingerprint density at radius 2 is 2.36 bits per heavy atom. The van der Waals surface area contributed by atoms with E-state index in [1.54, 1.807) is 0 Å². The third-order valence-corrected chi connectivity index (χ3v) is 3.67. The molecule has 1 nitrogen and oxygen atoms in total. The summed E-state index contributed by atoms with van der Waals surface area (Å²) in [6.07, 6.45) is 3.49. The van der Waals surface area contributed by atoms with Crippen molar-refractivity contribution in [2.45, 2.75) is 18.8 Å². The van der Waals surface area contributed by atoms with Gasteiger partial charge in [0.05, 0.1) is 8.66 Å². The Labute approximate surface area is 77.6 Å². The highest BCUT2D eigenvalue weighted by atomic mass is 79.9. The summed E-state index contributed by atoms with van der Waals surface area (Å²) in [6, 6.07) is 2.00. The molecule has 58 valence electrons. The van der Waals surface area contributed by atoms with E-state index in [1.165, 1.54) is 29.7 Å². The van der Waals surface area contributed by atoms with Crippen LogP contribution in [0.2, 0.25) is 0 Å². The average molecular weight is 231 g/mol. The van der Waals surface area contributed by atoms with Crippen LogP contribution < -0.4 is 0 Å². The number of hydrogen-bond donors (Lipinski definition) is 0. The van der Waals surface area contributed by atoms with Crippen molar-refractivity contribution < 1.29 is 4.79 Å². The van der Waals surface area contributed by atoms with Gasteiger partial charge >= 0.3 is 0 Å². The summed E-state index contributed by atoms with van der Waals surface area (Å²) in [5.74, 6) is 0.731. The van der Waals surface area contributed by atoms with Crippen LogP contribution in [0.3, 0.4) is 0 Å². The van der Waals surface area contributed by atoms with Gasteiger partial charge in [-0.15, -0.1) is 11.3 Å². The van der Waals surface area contributed by atoms with Crippen LogP contribution in [0, 0.1) is 0 Å². The van der Waals surface area contributed by atoms with Gasteiger partial charge in [0.15, 0.2) is 6.29 Å². The van der Waals surface area contributed by atoms with Crippen LogP contribution in [0.1, 0.15) is 34.0 Å². The fraction of sp³-hybridized carbons (Fsp3) is 0.375. The Kier molecular flexibility index (Phi) is 1.85. The van der Waals surface area contributed by atoms with E-state index < -0.39 is 0 Å². The van der Waals surface area contributed by atoms with E-state index in [9.17, 15) is 4.79 Å². The van der Waals surface area contributed by atoms with Gasteiger partial charge in [-0.25, -0.2) is 0 Å². The molecule has 11 heavy (non-hydrogen) atoms. The number of aldehydes is 1. The first-order valence-corrected chi connectivity index (χ1v) is 5.16. The molecule has 1 heterocycles. The predicted molar refractivity (Wildman–Crippen MR) is 49.4 cm³/mol. The molecular weight excluding hydrogens is 224 g/mol. The van der Waals surface area contributed by atoms with Gasteiger partial charge in [-0.3, -0.25) is 4.79 Å². The number of halogens is 1. The Bertz CT molecular complexity index is 288. The smallest absolute Gasteiger partial charge is 0.160 e. The van der Waals surface area contributed by atoms with Crippen molar-refractivity contribution in [3.05, 3.63) is 20.3 Å². The van der Waals surface area contributed by atoms with Gasteiger partial charge in [0, 0.05) is 0 Å². The highest BCUT2D eigenvalue weighted by Crippen LogP contribution is 2.45. The van der Waals surface area contributed by atoms with Crippen molar-refractivity contribution in [1.29, 1.82) is 0 Å². The van der Waals surface area contributed by atoms with Gasteiger partial charge in [-0.2, -0.15) is 0 Å². The second kappa shape index (κ2) is 2.72. The summed E-state index contributed by atoms with van der Waals surface area (Å²) in [6.45, 7) is 0. The molecule has 2 rings (SSSR count). The van der Waals surface area contributed by atoms with Gasteiger partial charge < -0.3 is 0 Å². The molecule has 0 N–H and O–H groups in total. The van der Waals surface area contributed by atoms with Crippen molar-refractivity contribution >= 4 is 33.6 Å². The van der Waals surface area contributed by atoms with Crippen LogP contribution in [0.15, 0.2) is 9.85 Å². The minimum absolute atomic E-state index is 0.731. The quantitative estimate of drug-likeness (QED) is 0.714. The summed E-state index contributed by atoms with van der Waals surface area (Å²) in [5, 5.41) is 0. The topological polar surface area (TPSA) is 17.1 Å². The zero-order chi connectivity index (χ0) is 7.84. The molecule has 1 fully saturated rings. The van der Waals surface area contributed by atoms with Crippen LogP contribution in [0.4, 0.5) is 0 Å². The van der Waals surface area contributed by atoms with E-state index in [1.807, 2.05) is 6.07 Å². The monoisotopic (exact) mass is 230 g/mol. The molecule has 0 saturated heterocycles. The van der Waals surface area contributed by atoms with Crippen LogP contribution in [-0.4, -0.2) is 6.29 Å². The van der Waals surface area contributed by atoms with Crippen LogP contribution in [0.25, 0.3) is 0 Å². The number of carbonyl (C=O) groups excluding carboxylic acids is 1. The molecule has 0 radical (unpaired) electrons. The van der Waals surface area contributed by atoms with Crippen molar-refractivity contribution in [2.75, 3.05) is 0 Å². The van der Waals surface area contributed by atoms with Gasteiger partial charge in [0.25, 0.3) is 0 Å². The molecular formula is C8H7BrOS. The molecule has 0 amide bonds.